The molecule has 0 radical (unpaired) electrons. The van der Waals surface area contributed by atoms with Crippen molar-refractivity contribution in [1.82, 2.24) is 20.0 Å². The maximum absolute atomic E-state index is 12.4. The normalized spacial score (nSPS) is 17.1. The summed E-state index contributed by atoms with van der Waals surface area (Å²) in [4.78, 5) is 27.0. The molecule has 1 N–H and O–H groups in total. The van der Waals surface area contributed by atoms with Crippen LogP contribution in [-0.2, 0) is 22.6 Å². The van der Waals surface area contributed by atoms with Gasteiger partial charge in [-0.3, -0.25) is 14.3 Å². The van der Waals surface area contributed by atoms with Crippen molar-refractivity contribution in [2.45, 2.75) is 25.9 Å². The molecule has 0 fully saturated rings. The van der Waals surface area contributed by atoms with Crippen LogP contribution >= 0.6 is 11.3 Å². The van der Waals surface area contributed by atoms with Crippen LogP contribution in [0.1, 0.15) is 23.5 Å². The number of rotatable bonds is 4. The molecule has 0 saturated heterocycles. The Labute approximate surface area is 132 Å². The summed E-state index contributed by atoms with van der Waals surface area (Å²) in [6, 6.07) is 5.46. The molecule has 2 aromatic rings. The Morgan fingerprint density at radius 3 is 3.05 bits per heavy atom. The molecule has 2 aromatic heterocycles. The van der Waals surface area contributed by atoms with E-state index in [2.05, 4.69) is 16.5 Å². The molecule has 1 unspecified atom stereocenters. The van der Waals surface area contributed by atoms with Crippen molar-refractivity contribution in [2.24, 2.45) is 0 Å². The largest absolute Gasteiger partial charge is 0.354 e. The molecule has 116 valence electrons. The van der Waals surface area contributed by atoms with Gasteiger partial charge in [-0.2, -0.15) is 5.10 Å². The summed E-state index contributed by atoms with van der Waals surface area (Å²) in [5.41, 5.74) is 0.889. The molecular weight excluding hydrogens is 300 g/mol. The van der Waals surface area contributed by atoms with Gasteiger partial charge in [0.25, 0.3) is 0 Å². The third-order valence-electron chi connectivity index (χ3n) is 3.79. The molecule has 6 nitrogen and oxygen atoms in total. The number of thiophene rings is 1. The number of aromatic nitrogens is 2. The minimum absolute atomic E-state index is 0.0242. The van der Waals surface area contributed by atoms with Gasteiger partial charge in [0.2, 0.25) is 11.8 Å². The van der Waals surface area contributed by atoms with E-state index >= 15 is 0 Å². The zero-order chi connectivity index (χ0) is 15.5. The van der Waals surface area contributed by atoms with Gasteiger partial charge in [0, 0.05) is 24.5 Å². The molecule has 1 aliphatic heterocycles. The van der Waals surface area contributed by atoms with Gasteiger partial charge >= 0.3 is 0 Å². The quantitative estimate of drug-likeness (QED) is 0.921. The van der Waals surface area contributed by atoms with Crippen molar-refractivity contribution < 1.29 is 9.59 Å². The first-order valence-electron chi connectivity index (χ1n) is 7.23. The lowest BCUT2D eigenvalue weighted by atomic mass is 10.1. The summed E-state index contributed by atoms with van der Waals surface area (Å²) < 4.78 is 1.72. The molecule has 3 rings (SSSR count). The van der Waals surface area contributed by atoms with E-state index in [1.54, 1.807) is 27.1 Å². The lowest BCUT2D eigenvalue weighted by Gasteiger charge is -2.32. The fourth-order valence-electron chi connectivity index (χ4n) is 2.61. The third-order valence-corrected chi connectivity index (χ3v) is 4.73. The van der Waals surface area contributed by atoms with Gasteiger partial charge in [-0.05, 0) is 23.9 Å². The van der Waals surface area contributed by atoms with Crippen LogP contribution in [0, 0.1) is 0 Å². The van der Waals surface area contributed by atoms with Crippen LogP contribution in [0.25, 0.3) is 0 Å². The summed E-state index contributed by atoms with van der Waals surface area (Å²) in [7, 11) is 0. The van der Waals surface area contributed by atoms with Crippen LogP contribution in [0.15, 0.2) is 29.8 Å². The van der Waals surface area contributed by atoms with Crippen molar-refractivity contribution >= 4 is 23.2 Å². The van der Waals surface area contributed by atoms with Gasteiger partial charge in [-0.25, -0.2) is 0 Å². The smallest absolute Gasteiger partial charge is 0.246 e. The van der Waals surface area contributed by atoms with E-state index in [1.165, 1.54) is 11.8 Å². The van der Waals surface area contributed by atoms with Gasteiger partial charge in [0.05, 0.1) is 18.8 Å². The number of carbonyl (C=O) groups is 2. The first-order valence-corrected chi connectivity index (χ1v) is 8.11. The van der Waals surface area contributed by atoms with Gasteiger partial charge in [0.15, 0.2) is 0 Å². The number of nitrogens with one attached hydrogen (secondary N) is 1. The molecule has 2 amide bonds. The number of amides is 2. The predicted octanol–water partition coefficient (Wildman–Crippen LogP) is 1.21. The average molecular weight is 318 g/mol. The number of carbonyl (C=O) groups excluding carboxylic acids is 2. The van der Waals surface area contributed by atoms with Crippen molar-refractivity contribution in [3.05, 3.63) is 40.3 Å². The zero-order valence-electron chi connectivity index (χ0n) is 12.4. The minimum Gasteiger partial charge on any atom is -0.354 e. The minimum atomic E-state index is -0.453. The fourth-order valence-corrected chi connectivity index (χ4v) is 3.32. The summed E-state index contributed by atoms with van der Waals surface area (Å²) >= 11 is 1.68. The van der Waals surface area contributed by atoms with E-state index in [4.69, 9.17) is 0 Å². The lowest BCUT2D eigenvalue weighted by Crippen LogP contribution is -2.46. The molecule has 22 heavy (non-hydrogen) atoms. The van der Waals surface area contributed by atoms with Crippen LogP contribution in [0.2, 0.25) is 0 Å². The first kappa shape index (κ1) is 14.8. The van der Waals surface area contributed by atoms with E-state index in [9.17, 15) is 9.59 Å². The molecule has 0 saturated carbocycles. The zero-order valence-corrected chi connectivity index (χ0v) is 13.2. The van der Waals surface area contributed by atoms with Crippen LogP contribution in [-0.4, -0.2) is 39.6 Å². The maximum Gasteiger partial charge on any atom is 0.246 e. The van der Waals surface area contributed by atoms with Crippen LogP contribution in [0.3, 0.4) is 0 Å². The second kappa shape index (κ2) is 6.31. The molecule has 0 bridgehead atoms. The number of nitrogens with zero attached hydrogens (tertiary/aromatic N) is 3. The van der Waals surface area contributed by atoms with E-state index < -0.39 is 6.04 Å². The Kier molecular flexibility index (Phi) is 4.24. The molecular formula is C15H18N4O2S. The van der Waals surface area contributed by atoms with E-state index in [1.807, 2.05) is 17.5 Å². The molecule has 1 aliphatic rings. The molecule has 3 heterocycles. The fraction of sp³-hybridized carbons (Fsp3) is 0.400. The monoisotopic (exact) mass is 318 g/mol. The average Bonchev–Trinajstić information content (AvgIpc) is 3.16. The van der Waals surface area contributed by atoms with Crippen LogP contribution < -0.4 is 5.32 Å². The van der Waals surface area contributed by atoms with E-state index in [-0.39, 0.29) is 11.8 Å². The molecule has 1 atom stereocenters. The Balaban J connectivity index is 1.65. The van der Waals surface area contributed by atoms with E-state index in [0.717, 1.165) is 12.1 Å². The number of hydrogen-bond donors (Lipinski definition) is 1. The Morgan fingerprint density at radius 1 is 1.45 bits per heavy atom. The van der Waals surface area contributed by atoms with Crippen molar-refractivity contribution in [3.63, 3.8) is 0 Å². The van der Waals surface area contributed by atoms with Gasteiger partial charge in [-0.15, -0.1) is 11.3 Å². The number of fused-ring (bicyclic) bond motifs is 1. The topological polar surface area (TPSA) is 67.2 Å². The van der Waals surface area contributed by atoms with Crippen LogP contribution in [0.4, 0.5) is 0 Å². The highest BCUT2D eigenvalue weighted by molar-refractivity contribution is 7.09. The Morgan fingerprint density at radius 2 is 2.32 bits per heavy atom. The standard InChI is InChI=1S/C15H18N4O2S/c1-11(20)18-9-12-4-7-17-19(12)14(10-18)15(21)16-6-5-13-3-2-8-22-13/h2-4,7-8,14H,5-6,9-10H2,1H3,(H,16,21). The van der Waals surface area contributed by atoms with Crippen LogP contribution in [0.5, 0.6) is 0 Å². The molecule has 0 aliphatic carbocycles. The summed E-state index contributed by atoms with van der Waals surface area (Å²) in [6.45, 7) is 2.99. The summed E-state index contributed by atoms with van der Waals surface area (Å²) in [6.07, 6.45) is 2.49. The lowest BCUT2D eigenvalue weighted by molar-refractivity contribution is -0.133. The highest BCUT2D eigenvalue weighted by Gasteiger charge is 2.31. The van der Waals surface area contributed by atoms with Gasteiger partial charge in [0.1, 0.15) is 6.04 Å². The number of hydrogen-bond acceptors (Lipinski definition) is 4. The van der Waals surface area contributed by atoms with E-state index in [0.29, 0.717) is 19.6 Å². The predicted molar refractivity (Wildman–Crippen MR) is 83.4 cm³/mol. The highest BCUT2D eigenvalue weighted by atomic mass is 32.1. The second-order valence-corrected chi connectivity index (χ2v) is 6.34. The highest BCUT2D eigenvalue weighted by Crippen LogP contribution is 2.20. The van der Waals surface area contributed by atoms with Gasteiger partial charge < -0.3 is 10.2 Å². The van der Waals surface area contributed by atoms with Crippen molar-refractivity contribution in [3.8, 4) is 0 Å². The van der Waals surface area contributed by atoms with Crippen molar-refractivity contribution in [1.29, 1.82) is 0 Å². The first-order chi connectivity index (χ1) is 10.6. The van der Waals surface area contributed by atoms with Crippen molar-refractivity contribution in [2.75, 3.05) is 13.1 Å². The molecule has 0 spiro atoms. The Bertz CT molecular complexity index is 665. The summed E-state index contributed by atoms with van der Waals surface area (Å²) in [5, 5.41) is 9.21. The maximum atomic E-state index is 12.4. The Hall–Kier alpha value is -2.15. The third kappa shape index (κ3) is 3.04. The van der Waals surface area contributed by atoms with Gasteiger partial charge in [-0.1, -0.05) is 6.07 Å². The summed E-state index contributed by atoms with van der Waals surface area (Å²) in [5.74, 6) is -0.115. The molecule has 7 heteroatoms. The second-order valence-electron chi connectivity index (χ2n) is 5.30. The SMILES string of the molecule is CC(=O)N1Cc2ccnn2C(C(=O)NCCc2cccs2)C1. The molecule has 0 aromatic carbocycles.